The first-order valence-corrected chi connectivity index (χ1v) is 11.2. The summed E-state index contributed by atoms with van der Waals surface area (Å²) >= 11 is 0. The Bertz CT molecular complexity index is 1350. The number of hydrogen-bond donors (Lipinski definition) is 4. The van der Waals surface area contributed by atoms with E-state index in [0.29, 0.717) is 23.3 Å². The van der Waals surface area contributed by atoms with Crippen LogP contribution < -0.4 is 20.9 Å². The van der Waals surface area contributed by atoms with Crippen LogP contribution in [0.4, 0.5) is 20.7 Å². The van der Waals surface area contributed by atoms with Crippen molar-refractivity contribution in [2.24, 2.45) is 5.41 Å². The number of anilines is 2. The lowest BCUT2D eigenvalue weighted by atomic mass is 9.66. The fraction of sp³-hybridized carbons (Fsp3) is 0.409. The van der Waals surface area contributed by atoms with Gasteiger partial charge < -0.3 is 24.5 Å². The fourth-order valence-electron chi connectivity index (χ4n) is 5.64. The monoisotopic (exact) mass is 483 g/mol. The highest BCUT2D eigenvalue weighted by molar-refractivity contribution is 6.20. The Balaban J connectivity index is 1.50. The molecule has 4 N–H and O–H groups in total. The molecule has 1 spiro atoms. The largest absolute Gasteiger partial charge is 0.372 e. The van der Waals surface area contributed by atoms with E-state index in [1.54, 1.807) is 30.4 Å². The molecule has 3 aliphatic heterocycles. The third kappa shape index (κ3) is 3.04. The topological polar surface area (TPSA) is 154 Å². The average molecular weight is 483 g/mol. The van der Waals surface area contributed by atoms with Gasteiger partial charge in [-0.3, -0.25) is 20.2 Å². The maximum absolute atomic E-state index is 16.0. The molecule has 182 valence electrons. The molecule has 3 aromatic rings. The summed E-state index contributed by atoms with van der Waals surface area (Å²) in [5.41, 5.74) is -0.346. The molecule has 0 saturated carbocycles. The van der Waals surface area contributed by atoms with E-state index < -0.39 is 41.2 Å². The summed E-state index contributed by atoms with van der Waals surface area (Å²) < 4.78 is 27.3. The molecule has 0 bridgehead atoms. The van der Waals surface area contributed by atoms with Gasteiger partial charge in [-0.2, -0.15) is 0 Å². The highest BCUT2D eigenvalue weighted by Gasteiger charge is 2.63. The van der Waals surface area contributed by atoms with Gasteiger partial charge in [0.25, 0.3) is 0 Å². The van der Waals surface area contributed by atoms with Crippen LogP contribution in [-0.2, 0) is 27.3 Å². The minimum atomic E-state index is -1.69. The molecule has 2 fully saturated rings. The van der Waals surface area contributed by atoms with Crippen molar-refractivity contribution >= 4 is 40.3 Å². The summed E-state index contributed by atoms with van der Waals surface area (Å²) in [7, 11) is 0. The second kappa shape index (κ2) is 7.50. The van der Waals surface area contributed by atoms with E-state index in [4.69, 9.17) is 9.26 Å². The molecule has 12 nitrogen and oxygen atoms in total. The molecule has 4 amide bonds. The lowest BCUT2D eigenvalue weighted by Gasteiger charge is -2.55. The third-order valence-electron chi connectivity index (χ3n) is 6.96. The van der Waals surface area contributed by atoms with Crippen LogP contribution in [0.3, 0.4) is 0 Å². The molecular weight excluding hydrogens is 461 g/mol. The number of aromatic nitrogens is 3. The molecule has 0 radical (unpaired) electrons. The molecule has 3 atom stereocenters. The van der Waals surface area contributed by atoms with E-state index in [0.717, 1.165) is 5.69 Å². The Morgan fingerprint density at radius 3 is 2.74 bits per heavy atom. The first-order valence-electron chi connectivity index (χ1n) is 11.2. The van der Waals surface area contributed by atoms with Crippen molar-refractivity contribution in [1.82, 2.24) is 25.8 Å². The van der Waals surface area contributed by atoms with Gasteiger partial charge in [0.1, 0.15) is 0 Å². The Hall–Kier alpha value is -4.00. The number of fused-ring (bicyclic) bond motifs is 5. The van der Waals surface area contributed by atoms with E-state index in [1.165, 1.54) is 0 Å². The standard InChI is InChI=1S/C22H22FN7O5/c1-9-7-30-15-11(4-22(17(30)10(2)34-9)19(31)27-21(33)28-20(22)32)3-13-16(14(15)23)35-29-18(13)25-6-12-5-24-8-26-12/h3,5,8-10,17H,4,6-7H2,1-2H3,(H,24,26)(H,25,29)(H2,27,28,31,32,33)/t9-,10+,17-/m1/s1. The first kappa shape index (κ1) is 21.5. The maximum Gasteiger partial charge on any atom is 0.328 e. The summed E-state index contributed by atoms with van der Waals surface area (Å²) in [5, 5.41) is 11.9. The van der Waals surface area contributed by atoms with Gasteiger partial charge in [-0.1, -0.05) is 5.16 Å². The van der Waals surface area contributed by atoms with Crippen LogP contribution >= 0.6 is 0 Å². The number of rotatable bonds is 3. The molecule has 2 aromatic heterocycles. The van der Waals surface area contributed by atoms with Gasteiger partial charge >= 0.3 is 6.03 Å². The zero-order valence-electron chi connectivity index (χ0n) is 18.8. The second-order valence-electron chi connectivity index (χ2n) is 9.15. The van der Waals surface area contributed by atoms with Crippen LogP contribution in [0.15, 0.2) is 23.1 Å². The Morgan fingerprint density at radius 2 is 2.03 bits per heavy atom. The molecule has 3 aliphatic rings. The predicted octanol–water partition coefficient (Wildman–Crippen LogP) is 1.19. The number of nitrogens with one attached hydrogen (secondary N) is 4. The van der Waals surface area contributed by atoms with E-state index >= 15 is 4.39 Å². The molecule has 2 saturated heterocycles. The SMILES string of the molecule is C[C@@H]1CN2c3c(cc4c(NCc5c[nH]cn5)noc4c3F)CC3(C(=O)NC(=O)NC3=O)[C@H]2[C@H](C)O1. The lowest BCUT2D eigenvalue weighted by molar-refractivity contribution is -0.153. The molecule has 35 heavy (non-hydrogen) atoms. The first-order chi connectivity index (χ1) is 16.8. The van der Waals surface area contributed by atoms with Gasteiger partial charge in [0.2, 0.25) is 17.4 Å². The van der Waals surface area contributed by atoms with Gasteiger partial charge in [-0.05, 0) is 25.5 Å². The summed E-state index contributed by atoms with van der Waals surface area (Å²) in [4.78, 5) is 47.1. The van der Waals surface area contributed by atoms with E-state index in [2.05, 4.69) is 31.1 Å². The number of morpholine rings is 1. The lowest BCUT2D eigenvalue weighted by Crippen LogP contribution is -2.75. The number of amides is 4. The Kier molecular flexibility index (Phi) is 4.61. The minimum absolute atomic E-state index is 0.0394. The van der Waals surface area contributed by atoms with Crippen molar-refractivity contribution in [3.05, 3.63) is 35.7 Å². The van der Waals surface area contributed by atoms with Gasteiger partial charge in [0.05, 0.1) is 47.9 Å². The number of ether oxygens (including phenoxy) is 1. The number of barbiturate groups is 1. The minimum Gasteiger partial charge on any atom is -0.372 e. The molecular formula is C22H22FN7O5. The van der Waals surface area contributed by atoms with Gasteiger partial charge in [-0.25, -0.2) is 14.2 Å². The molecule has 13 heteroatoms. The third-order valence-corrected chi connectivity index (χ3v) is 6.96. The quantitative estimate of drug-likeness (QED) is 0.402. The number of halogens is 1. The number of aromatic amines is 1. The van der Waals surface area contributed by atoms with Crippen molar-refractivity contribution in [2.75, 3.05) is 16.8 Å². The smallest absolute Gasteiger partial charge is 0.328 e. The molecule has 1 aromatic carbocycles. The Labute approximate surface area is 197 Å². The van der Waals surface area contributed by atoms with E-state index in [1.807, 2.05) is 6.92 Å². The molecule has 0 aliphatic carbocycles. The van der Waals surface area contributed by atoms with Crippen LogP contribution in [0.1, 0.15) is 25.1 Å². The predicted molar refractivity (Wildman–Crippen MR) is 119 cm³/mol. The number of imidazole rings is 1. The van der Waals surface area contributed by atoms with E-state index in [-0.39, 0.29) is 30.3 Å². The van der Waals surface area contributed by atoms with Crippen LogP contribution in [0.2, 0.25) is 0 Å². The van der Waals surface area contributed by atoms with Crippen LogP contribution in [0.25, 0.3) is 11.0 Å². The number of benzene rings is 1. The summed E-state index contributed by atoms with van der Waals surface area (Å²) in [6, 6.07) is -0.0469. The number of urea groups is 1. The molecule has 6 rings (SSSR count). The summed E-state index contributed by atoms with van der Waals surface area (Å²) in [5.74, 6) is -1.80. The number of carbonyl (C=O) groups excluding carboxylic acids is 3. The Morgan fingerprint density at radius 1 is 1.26 bits per heavy atom. The normalized spacial score (nSPS) is 25.3. The van der Waals surface area contributed by atoms with Gasteiger partial charge in [-0.15, -0.1) is 0 Å². The van der Waals surface area contributed by atoms with Crippen molar-refractivity contribution in [1.29, 1.82) is 0 Å². The van der Waals surface area contributed by atoms with E-state index in [9.17, 15) is 14.4 Å². The second-order valence-corrected chi connectivity index (χ2v) is 9.15. The number of imide groups is 2. The van der Waals surface area contributed by atoms with Crippen molar-refractivity contribution in [3.63, 3.8) is 0 Å². The number of H-pyrrole nitrogens is 1. The molecule has 0 unspecified atom stereocenters. The summed E-state index contributed by atoms with van der Waals surface area (Å²) in [6.07, 6.45) is 2.22. The average Bonchev–Trinajstić information content (AvgIpc) is 3.45. The highest BCUT2D eigenvalue weighted by Crippen LogP contribution is 2.49. The highest BCUT2D eigenvalue weighted by atomic mass is 19.1. The van der Waals surface area contributed by atoms with Gasteiger partial charge in [0, 0.05) is 19.2 Å². The fourth-order valence-corrected chi connectivity index (χ4v) is 5.64. The number of hydrogen-bond acceptors (Lipinski definition) is 9. The summed E-state index contributed by atoms with van der Waals surface area (Å²) in [6.45, 7) is 4.12. The zero-order chi connectivity index (χ0) is 24.5. The zero-order valence-corrected chi connectivity index (χ0v) is 18.8. The van der Waals surface area contributed by atoms with Crippen molar-refractivity contribution < 1.29 is 28.0 Å². The van der Waals surface area contributed by atoms with Crippen LogP contribution in [0, 0.1) is 11.2 Å². The maximum atomic E-state index is 16.0. The number of carbonyl (C=O) groups is 3. The van der Waals surface area contributed by atoms with Crippen molar-refractivity contribution in [3.8, 4) is 0 Å². The van der Waals surface area contributed by atoms with Crippen LogP contribution in [0.5, 0.6) is 0 Å². The molecule has 5 heterocycles. The number of nitrogens with zero attached hydrogens (tertiary/aromatic N) is 3. The van der Waals surface area contributed by atoms with Crippen LogP contribution in [-0.4, -0.2) is 57.8 Å². The van der Waals surface area contributed by atoms with Crippen molar-refractivity contribution in [2.45, 2.75) is 45.1 Å². The van der Waals surface area contributed by atoms with Gasteiger partial charge in [0.15, 0.2) is 17.1 Å².